The van der Waals surface area contributed by atoms with Gasteiger partial charge in [0.2, 0.25) is 10.0 Å². The van der Waals surface area contributed by atoms with Crippen LogP contribution in [0.3, 0.4) is 0 Å². The lowest BCUT2D eigenvalue weighted by molar-refractivity contribution is -0.125. The molecule has 166 valence electrons. The summed E-state index contributed by atoms with van der Waals surface area (Å²) in [5.74, 6) is -0.149. The number of morpholine rings is 1. The summed E-state index contributed by atoms with van der Waals surface area (Å²) in [6.45, 7) is 5.15. The van der Waals surface area contributed by atoms with E-state index >= 15 is 0 Å². The Morgan fingerprint density at radius 2 is 1.93 bits per heavy atom. The Morgan fingerprint density at radius 1 is 1.20 bits per heavy atom. The van der Waals surface area contributed by atoms with E-state index in [2.05, 4.69) is 19.2 Å². The Labute approximate surface area is 178 Å². The Balaban J connectivity index is 1.58. The summed E-state index contributed by atoms with van der Waals surface area (Å²) in [4.78, 5) is 24.6. The van der Waals surface area contributed by atoms with Gasteiger partial charge in [-0.2, -0.15) is 4.31 Å². The van der Waals surface area contributed by atoms with Crippen molar-refractivity contribution < 1.29 is 27.5 Å². The summed E-state index contributed by atoms with van der Waals surface area (Å²) in [5.41, 5.74) is 0.0943. The highest BCUT2D eigenvalue weighted by atomic mass is 32.2. The third-order valence-electron chi connectivity index (χ3n) is 6.07. The maximum atomic E-state index is 12.8. The average Bonchev–Trinajstić information content (AvgIpc) is 2.76. The molecule has 1 heterocycles. The van der Waals surface area contributed by atoms with Gasteiger partial charge in [0.1, 0.15) is 0 Å². The molecule has 3 rings (SSSR count). The molecule has 1 aromatic carbocycles. The Morgan fingerprint density at radius 3 is 2.67 bits per heavy atom. The molecule has 0 spiro atoms. The van der Waals surface area contributed by atoms with E-state index in [9.17, 15) is 18.0 Å². The van der Waals surface area contributed by atoms with Gasteiger partial charge < -0.3 is 14.8 Å². The van der Waals surface area contributed by atoms with Gasteiger partial charge in [-0.1, -0.05) is 32.8 Å². The maximum absolute atomic E-state index is 12.8. The molecule has 3 unspecified atom stereocenters. The molecule has 1 aromatic rings. The Hall–Kier alpha value is -1.97. The van der Waals surface area contributed by atoms with Crippen molar-refractivity contribution in [1.82, 2.24) is 9.62 Å². The van der Waals surface area contributed by atoms with E-state index in [4.69, 9.17) is 9.47 Å². The second kappa shape index (κ2) is 9.89. The lowest BCUT2D eigenvalue weighted by Gasteiger charge is -2.34. The highest BCUT2D eigenvalue weighted by molar-refractivity contribution is 7.89. The van der Waals surface area contributed by atoms with Crippen molar-refractivity contribution in [3.05, 3.63) is 29.8 Å². The van der Waals surface area contributed by atoms with Crippen molar-refractivity contribution in [2.24, 2.45) is 11.8 Å². The molecule has 9 heteroatoms. The predicted molar refractivity (Wildman–Crippen MR) is 110 cm³/mol. The van der Waals surface area contributed by atoms with Crippen LogP contribution in [-0.2, 0) is 24.3 Å². The zero-order valence-electron chi connectivity index (χ0n) is 17.5. The van der Waals surface area contributed by atoms with Gasteiger partial charge in [0.15, 0.2) is 6.61 Å². The zero-order chi connectivity index (χ0) is 21.7. The van der Waals surface area contributed by atoms with E-state index < -0.39 is 22.6 Å². The van der Waals surface area contributed by atoms with Gasteiger partial charge in [-0.3, -0.25) is 4.79 Å². The molecule has 1 saturated carbocycles. The number of carbonyl (C=O) groups excluding carboxylic acids is 2. The molecular weight excluding hydrogens is 408 g/mol. The van der Waals surface area contributed by atoms with Crippen LogP contribution in [0.1, 0.15) is 43.5 Å². The minimum absolute atomic E-state index is 0.0216. The molecule has 0 radical (unpaired) electrons. The van der Waals surface area contributed by atoms with E-state index in [1.807, 2.05) is 0 Å². The maximum Gasteiger partial charge on any atom is 0.338 e. The topological polar surface area (TPSA) is 102 Å². The van der Waals surface area contributed by atoms with Gasteiger partial charge in [0, 0.05) is 19.1 Å². The molecule has 2 aliphatic rings. The standard InChI is InChI=1S/C21H30N2O6S/c1-15-5-3-8-19(16(15)2)22-20(24)14-29-21(25)17-6-4-7-18(13-17)30(26,27)23-9-11-28-12-10-23/h4,6-7,13,15-16,19H,3,5,8-12,14H2,1-2H3,(H,22,24). The van der Waals surface area contributed by atoms with Crippen LogP contribution in [0, 0.1) is 11.8 Å². The average molecular weight is 439 g/mol. The molecule has 30 heavy (non-hydrogen) atoms. The molecule has 2 fully saturated rings. The number of nitrogens with zero attached hydrogens (tertiary/aromatic N) is 1. The second-order valence-electron chi connectivity index (χ2n) is 8.06. The number of hydrogen-bond donors (Lipinski definition) is 1. The number of amides is 1. The van der Waals surface area contributed by atoms with Gasteiger partial charge in [-0.25, -0.2) is 13.2 Å². The molecule has 8 nitrogen and oxygen atoms in total. The fourth-order valence-electron chi connectivity index (χ4n) is 3.97. The lowest BCUT2D eigenvalue weighted by Crippen LogP contribution is -2.45. The number of nitrogens with one attached hydrogen (secondary N) is 1. The Bertz CT molecular complexity index is 866. The first-order valence-electron chi connectivity index (χ1n) is 10.4. The summed E-state index contributed by atoms with van der Waals surface area (Å²) in [7, 11) is -3.71. The quantitative estimate of drug-likeness (QED) is 0.680. The van der Waals surface area contributed by atoms with Crippen molar-refractivity contribution >= 4 is 21.9 Å². The van der Waals surface area contributed by atoms with Crippen LogP contribution < -0.4 is 5.32 Å². The number of hydrogen-bond acceptors (Lipinski definition) is 6. The molecule has 1 aliphatic carbocycles. The first-order chi connectivity index (χ1) is 14.3. The third kappa shape index (κ3) is 5.39. The predicted octanol–water partition coefficient (Wildman–Crippen LogP) is 1.81. The highest BCUT2D eigenvalue weighted by Crippen LogP contribution is 2.29. The van der Waals surface area contributed by atoms with Crippen molar-refractivity contribution in [2.45, 2.75) is 44.0 Å². The molecule has 0 aromatic heterocycles. The molecule has 0 bridgehead atoms. The second-order valence-corrected chi connectivity index (χ2v) is 10.00. The SMILES string of the molecule is CC1CCCC(NC(=O)COC(=O)c2cccc(S(=O)(=O)N3CCOCC3)c2)C1C. The van der Waals surface area contributed by atoms with Crippen LogP contribution in [-0.4, -0.2) is 63.6 Å². The number of ether oxygens (including phenoxy) is 2. The molecular formula is C21H30N2O6S. The van der Waals surface area contributed by atoms with Crippen LogP contribution in [0.25, 0.3) is 0 Å². The molecule has 1 N–H and O–H groups in total. The molecule has 1 aliphatic heterocycles. The van der Waals surface area contributed by atoms with E-state index in [0.717, 1.165) is 19.3 Å². The van der Waals surface area contributed by atoms with Gasteiger partial charge in [-0.05, 0) is 36.5 Å². The number of esters is 1. The van der Waals surface area contributed by atoms with Crippen LogP contribution >= 0.6 is 0 Å². The van der Waals surface area contributed by atoms with Crippen molar-refractivity contribution in [2.75, 3.05) is 32.9 Å². The fourth-order valence-corrected chi connectivity index (χ4v) is 5.42. The largest absolute Gasteiger partial charge is 0.452 e. The zero-order valence-corrected chi connectivity index (χ0v) is 18.3. The first kappa shape index (κ1) is 22.7. The van der Waals surface area contributed by atoms with Gasteiger partial charge in [0.05, 0.1) is 23.7 Å². The summed E-state index contributed by atoms with van der Waals surface area (Å²) in [6.07, 6.45) is 3.15. The number of rotatable bonds is 6. The van der Waals surface area contributed by atoms with E-state index in [1.54, 1.807) is 0 Å². The third-order valence-corrected chi connectivity index (χ3v) is 7.96. The van der Waals surface area contributed by atoms with Crippen LogP contribution in [0.4, 0.5) is 0 Å². The smallest absolute Gasteiger partial charge is 0.338 e. The summed E-state index contributed by atoms with van der Waals surface area (Å²) in [5, 5.41) is 2.95. The number of carbonyl (C=O) groups is 2. The van der Waals surface area contributed by atoms with E-state index in [1.165, 1.54) is 28.6 Å². The molecule has 1 saturated heterocycles. The lowest BCUT2D eigenvalue weighted by atomic mass is 9.78. The minimum atomic E-state index is -3.71. The van der Waals surface area contributed by atoms with E-state index in [0.29, 0.717) is 25.0 Å². The first-order valence-corrected chi connectivity index (χ1v) is 11.9. The van der Waals surface area contributed by atoms with E-state index in [-0.39, 0.29) is 35.5 Å². The molecule has 1 amide bonds. The van der Waals surface area contributed by atoms with Gasteiger partial charge in [0.25, 0.3) is 5.91 Å². The minimum Gasteiger partial charge on any atom is -0.452 e. The number of benzene rings is 1. The monoisotopic (exact) mass is 438 g/mol. The van der Waals surface area contributed by atoms with Gasteiger partial charge >= 0.3 is 5.97 Å². The van der Waals surface area contributed by atoms with Crippen LogP contribution in [0.2, 0.25) is 0 Å². The van der Waals surface area contributed by atoms with Crippen molar-refractivity contribution in [3.8, 4) is 0 Å². The summed E-state index contributed by atoms with van der Waals surface area (Å²) in [6, 6.07) is 5.79. The summed E-state index contributed by atoms with van der Waals surface area (Å²) >= 11 is 0. The highest BCUT2D eigenvalue weighted by Gasteiger charge is 2.29. The number of sulfonamides is 1. The van der Waals surface area contributed by atoms with Crippen LogP contribution in [0.15, 0.2) is 29.2 Å². The van der Waals surface area contributed by atoms with Crippen LogP contribution in [0.5, 0.6) is 0 Å². The fraction of sp³-hybridized carbons (Fsp3) is 0.619. The van der Waals surface area contributed by atoms with Crippen molar-refractivity contribution in [1.29, 1.82) is 0 Å². The Kier molecular flexibility index (Phi) is 7.49. The summed E-state index contributed by atoms with van der Waals surface area (Å²) < 4.78 is 37.2. The normalized spacial score (nSPS) is 25.5. The van der Waals surface area contributed by atoms with Crippen molar-refractivity contribution in [3.63, 3.8) is 0 Å². The molecule has 3 atom stereocenters. The van der Waals surface area contributed by atoms with Gasteiger partial charge in [-0.15, -0.1) is 0 Å².